The van der Waals surface area contributed by atoms with Crippen molar-refractivity contribution in [2.45, 2.75) is 46.1 Å². The lowest BCUT2D eigenvalue weighted by Crippen LogP contribution is -2.36. The molecule has 0 spiro atoms. The fraction of sp³-hybridized carbons (Fsp3) is 0.632. The number of nitrogens with zero attached hydrogens (tertiary/aromatic N) is 5. The van der Waals surface area contributed by atoms with Crippen LogP contribution in [0.2, 0.25) is 0 Å². The summed E-state index contributed by atoms with van der Waals surface area (Å²) in [6.45, 7) is 12.8. The molecule has 26 heavy (non-hydrogen) atoms. The summed E-state index contributed by atoms with van der Waals surface area (Å²) in [5.41, 5.74) is 2.80. The highest BCUT2D eigenvalue weighted by Gasteiger charge is 2.24. The molecule has 2 aromatic heterocycles. The maximum Gasteiger partial charge on any atom is 0.272 e. The highest BCUT2D eigenvalue weighted by molar-refractivity contribution is 7.09. The van der Waals surface area contributed by atoms with Crippen LogP contribution in [0.3, 0.4) is 0 Å². The molecule has 0 radical (unpaired) electrons. The minimum atomic E-state index is 0.0821. The Bertz CT molecular complexity index is 773. The third-order valence-corrected chi connectivity index (χ3v) is 5.99. The van der Waals surface area contributed by atoms with E-state index in [4.69, 9.17) is 4.98 Å². The molecular weight excluding hydrogens is 346 g/mol. The molecule has 1 aliphatic rings. The zero-order chi connectivity index (χ0) is 18.9. The number of rotatable bonds is 3. The molecule has 6 nitrogen and oxygen atoms in total. The van der Waals surface area contributed by atoms with E-state index in [0.29, 0.717) is 5.69 Å². The molecule has 0 unspecified atom stereocenters. The average Bonchev–Trinajstić information content (AvgIpc) is 3.07. The topological polar surface area (TPSA) is 54.3 Å². The molecule has 1 amide bonds. The number of amides is 1. The lowest BCUT2D eigenvalue weighted by Gasteiger charge is -2.21. The smallest absolute Gasteiger partial charge is 0.272 e. The first-order chi connectivity index (χ1) is 12.2. The van der Waals surface area contributed by atoms with Crippen LogP contribution in [-0.2, 0) is 19.0 Å². The Labute approximate surface area is 159 Å². The van der Waals surface area contributed by atoms with Gasteiger partial charge in [-0.1, -0.05) is 20.8 Å². The maximum atomic E-state index is 12.8. The highest BCUT2D eigenvalue weighted by atomic mass is 32.1. The van der Waals surface area contributed by atoms with Gasteiger partial charge in [0.25, 0.3) is 5.91 Å². The SMILES string of the molecule is Cc1cc(C(=O)N2CCCN(Cc3csc(C(C)(C)C)n3)CC2)n(C)n1. The summed E-state index contributed by atoms with van der Waals surface area (Å²) in [6.07, 6.45) is 0.985. The van der Waals surface area contributed by atoms with E-state index < -0.39 is 0 Å². The Balaban J connectivity index is 1.60. The fourth-order valence-corrected chi connectivity index (χ4v) is 4.16. The minimum Gasteiger partial charge on any atom is -0.336 e. The molecule has 7 heteroatoms. The van der Waals surface area contributed by atoms with Gasteiger partial charge in [0.1, 0.15) is 5.69 Å². The maximum absolute atomic E-state index is 12.8. The molecule has 142 valence electrons. The third kappa shape index (κ3) is 4.32. The van der Waals surface area contributed by atoms with Gasteiger partial charge in [-0.3, -0.25) is 14.4 Å². The van der Waals surface area contributed by atoms with Gasteiger partial charge < -0.3 is 4.90 Å². The summed E-state index contributed by atoms with van der Waals surface area (Å²) in [5, 5.41) is 7.65. The molecule has 2 aromatic rings. The summed E-state index contributed by atoms with van der Waals surface area (Å²) in [4.78, 5) is 22.0. The molecule has 3 heterocycles. The second-order valence-corrected chi connectivity index (χ2v) is 8.97. The normalized spacial score (nSPS) is 16.7. The van der Waals surface area contributed by atoms with Crippen LogP contribution in [0.15, 0.2) is 11.4 Å². The number of thiazole rings is 1. The van der Waals surface area contributed by atoms with Crippen molar-refractivity contribution in [3.8, 4) is 0 Å². The Morgan fingerprint density at radius 3 is 2.62 bits per heavy atom. The van der Waals surface area contributed by atoms with E-state index in [2.05, 4.69) is 36.1 Å². The van der Waals surface area contributed by atoms with Crippen molar-refractivity contribution in [2.24, 2.45) is 7.05 Å². The molecule has 0 saturated carbocycles. The molecule has 0 N–H and O–H groups in total. The Morgan fingerprint density at radius 2 is 2.00 bits per heavy atom. The largest absolute Gasteiger partial charge is 0.336 e. The van der Waals surface area contributed by atoms with E-state index in [0.717, 1.165) is 50.5 Å². The number of aryl methyl sites for hydroxylation is 2. The van der Waals surface area contributed by atoms with Gasteiger partial charge in [-0.05, 0) is 19.4 Å². The minimum absolute atomic E-state index is 0.0821. The predicted octanol–water partition coefficient (Wildman–Crippen LogP) is 2.83. The van der Waals surface area contributed by atoms with Crippen LogP contribution in [0.4, 0.5) is 0 Å². The lowest BCUT2D eigenvalue weighted by molar-refractivity contribution is 0.0750. The molecule has 1 fully saturated rings. The van der Waals surface area contributed by atoms with Crippen molar-refractivity contribution < 1.29 is 4.79 Å². The second-order valence-electron chi connectivity index (χ2n) is 8.11. The highest BCUT2D eigenvalue weighted by Crippen LogP contribution is 2.26. The lowest BCUT2D eigenvalue weighted by atomic mass is 9.98. The van der Waals surface area contributed by atoms with Crippen LogP contribution >= 0.6 is 11.3 Å². The first-order valence-electron chi connectivity index (χ1n) is 9.21. The fourth-order valence-electron chi connectivity index (χ4n) is 3.26. The van der Waals surface area contributed by atoms with Gasteiger partial charge in [0.2, 0.25) is 0 Å². The van der Waals surface area contributed by atoms with Gasteiger partial charge in [0.05, 0.1) is 16.4 Å². The molecule has 0 atom stereocenters. The zero-order valence-corrected chi connectivity index (χ0v) is 17.3. The van der Waals surface area contributed by atoms with Gasteiger partial charge >= 0.3 is 0 Å². The van der Waals surface area contributed by atoms with Crippen LogP contribution < -0.4 is 0 Å². The number of hydrogen-bond acceptors (Lipinski definition) is 5. The predicted molar refractivity (Wildman–Crippen MR) is 105 cm³/mol. The molecule has 1 aliphatic heterocycles. The van der Waals surface area contributed by atoms with Crippen LogP contribution in [0.5, 0.6) is 0 Å². The third-order valence-electron chi connectivity index (χ3n) is 4.68. The van der Waals surface area contributed by atoms with Crippen molar-refractivity contribution in [2.75, 3.05) is 26.2 Å². The van der Waals surface area contributed by atoms with E-state index in [1.54, 1.807) is 16.0 Å². The van der Waals surface area contributed by atoms with Crippen LogP contribution in [0.1, 0.15) is 54.1 Å². The van der Waals surface area contributed by atoms with E-state index in [-0.39, 0.29) is 11.3 Å². The summed E-state index contributed by atoms with van der Waals surface area (Å²) >= 11 is 1.74. The van der Waals surface area contributed by atoms with E-state index in [1.807, 2.05) is 24.9 Å². The Kier molecular flexibility index (Phi) is 5.48. The van der Waals surface area contributed by atoms with Crippen LogP contribution in [-0.4, -0.2) is 56.7 Å². The van der Waals surface area contributed by atoms with Crippen molar-refractivity contribution in [3.63, 3.8) is 0 Å². The quantitative estimate of drug-likeness (QED) is 0.828. The first kappa shape index (κ1) is 19.0. The van der Waals surface area contributed by atoms with Gasteiger partial charge in [-0.25, -0.2) is 4.98 Å². The number of carbonyl (C=O) groups excluding carboxylic acids is 1. The summed E-state index contributed by atoms with van der Waals surface area (Å²) in [6, 6.07) is 1.87. The van der Waals surface area contributed by atoms with Crippen LogP contribution in [0, 0.1) is 6.92 Å². The number of aromatic nitrogens is 3. The second kappa shape index (κ2) is 7.48. The Hall–Kier alpha value is -1.73. The standard InChI is InChI=1S/C19H29N5OS/c1-14-11-16(22(5)21-14)17(25)24-8-6-7-23(9-10-24)12-15-13-26-18(20-15)19(2,3)4/h11,13H,6-10,12H2,1-5H3. The number of carbonyl (C=O) groups is 1. The zero-order valence-electron chi connectivity index (χ0n) is 16.4. The van der Waals surface area contributed by atoms with Crippen molar-refractivity contribution in [1.29, 1.82) is 0 Å². The van der Waals surface area contributed by atoms with Crippen molar-refractivity contribution >= 4 is 17.2 Å². The summed E-state index contributed by atoms with van der Waals surface area (Å²) in [7, 11) is 1.83. The van der Waals surface area contributed by atoms with Gasteiger partial charge in [0.15, 0.2) is 0 Å². The molecule has 0 aliphatic carbocycles. The summed E-state index contributed by atoms with van der Waals surface area (Å²) < 4.78 is 1.68. The number of hydrogen-bond donors (Lipinski definition) is 0. The molecular formula is C19H29N5OS. The molecule has 3 rings (SSSR count). The van der Waals surface area contributed by atoms with E-state index in [1.165, 1.54) is 5.01 Å². The van der Waals surface area contributed by atoms with E-state index in [9.17, 15) is 4.79 Å². The molecule has 0 aromatic carbocycles. The Morgan fingerprint density at radius 1 is 1.23 bits per heavy atom. The van der Waals surface area contributed by atoms with Gasteiger partial charge in [-0.15, -0.1) is 11.3 Å². The van der Waals surface area contributed by atoms with Crippen LogP contribution in [0.25, 0.3) is 0 Å². The molecule has 0 bridgehead atoms. The monoisotopic (exact) mass is 375 g/mol. The van der Waals surface area contributed by atoms with Crippen molar-refractivity contribution in [3.05, 3.63) is 33.5 Å². The first-order valence-corrected chi connectivity index (χ1v) is 10.1. The average molecular weight is 376 g/mol. The van der Waals surface area contributed by atoms with Gasteiger partial charge in [0, 0.05) is 50.6 Å². The van der Waals surface area contributed by atoms with Crippen molar-refractivity contribution in [1.82, 2.24) is 24.6 Å². The van der Waals surface area contributed by atoms with Gasteiger partial charge in [-0.2, -0.15) is 5.10 Å². The molecule has 1 saturated heterocycles. The van der Waals surface area contributed by atoms with E-state index >= 15 is 0 Å². The summed E-state index contributed by atoms with van der Waals surface area (Å²) in [5.74, 6) is 0.0821.